The number of fused-ring (bicyclic) bond motifs is 5. The Hall–Kier alpha value is -0.860. The number of Topliss-reactive ketones (excluding diaryl/α,β-unsaturated/α-hetero) is 1. The van der Waals surface area contributed by atoms with Gasteiger partial charge in [0.1, 0.15) is 5.78 Å². The van der Waals surface area contributed by atoms with Gasteiger partial charge in [0, 0.05) is 19.3 Å². The van der Waals surface area contributed by atoms with Gasteiger partial charge in [0.15, 0.2) is 0 Å². The fourth-order valence-corrected chi connectivity index (χ4v) is 8.57. The molecule has 0 heterocycles. The summed E-state index contributed by atoms with van der Waals surface area (Å²) in [4.78, 5) is 23.1. The first kappa shape index (κ1) is 19.5. The number of ketones is 1. The normalized spacial score (nSPS) is 47.7. The van der Waals surface area contributed by atoms with Gasteiger partial charge in [-0.15, -0.1) is 0 Å². The number of carboxylic acids is 1. The Kier molecular flexibility index (Phi) is 4.96. The Bertz CT molecular complexity index is 613. The van der Waals surface area contributed by atoms with Crippen LogP contribution in [0.1, 0.15) is 91.4 Å². The van der Waals surface area contributed by atoms with Crippen LogP contribution in [0, 0.1) is 46.3 Å². The molecule has 3 heteroatoms. The highest BCUT2D eigenvalue weighted by molar-refractivity contribution is 5.79. The molecule has 27 heavy (non-hydrogen) atoms. The molecule has 0 aliphatic heterocycles. The smallest absolute Gasteiger partial charge is 0.303 e. The third-order valence-electron chi connectivity index (χ3n) is 10.1. The van der Waals surface area contributed by atoms with Crippen LogP contribution in [0.4, 0.5) is 0 Å². The zero-order valence-corrected chi connectivity index (χ0v) is 17.5. The summed E-state index contributed by atoms with van der Waals surface area (Å²) in [5.74, 6) is 4.19. The van der Waals surface area contributed by atoms with E-state index < -0.39 is 5.97 Å². The van der Waals surface area contributed by atoms with Gasteiger partial charge in [-0.25, -0.2) is 0 Å². The molecule has 0 amide bonds. The monoisotopic (exact) mass is 374 g/mol. The number of rotatable bonds is 4. The molecule has 4 aliphatic rings. The lowest BCUT2D eigenvalue weighted by atomic mass is 9.44. The van der Waals surface area contributed by atoms with Gasteiger partial charge in [-0.2, -0.15) is 0 Å². The maximum Gasteiger partial charge on any atom is 0.303 e. The highest BCUT2D eigenvalue weighted by Crippen LogP contribution is 2.68. The van der Waals surface area contributed by atoms with Crippen LogP contribution >= 0.6 is 0 Å². The third kappa shape index (κ3) is 3.08. The first-order chi connectivity index (χ1) is 12.8. The van der Waals surface area contributed by atoms with Gasteiger partial charge < -0.3 is 5.11 Å². The molecule has 4 saturated carbocycles. The van der Waals surface area contributed by atoms with E-state index in [4.69, 9.17) is 5.11 Å². The first-order valence-corrected chi connectivity index (χ1v) is 11.5. The maximum atomic E-state index is 12.0. The molecule has 0 aromatic heterocycles. The van der Waals surface area contributed by atoms with Crippen molar-refractivity contribution in [1.82, 2.24) is 0 Å². The molecule has 0 saturated heterocycles. The molecule has 1 N–H and O–H groups in total. The second-order valence-electron chi connectivity index (χ2n) is 11.0. The van der Waals surface area contributed by atoms with E-state index in [0.717, 1.165) is 43.4 Å². The highest BCUT2D eigenvalue weighted by atomic mass is 16.4. The van der Waals surface area contributed by atoms with Crippen LogP contribution < -0.4 is 0 Å². The number of carbonyl (C=O) groups is 2. The van der Waals surface area contributed by atoms with Crippen molar-refractivity contribution in [2.75, 3.05) is 0 Å². The van der Waals surface area contributed by atoms with Gasteiger partial charge >= 0.3 is 5.97 Å². The highest BCUT2D eigenvalue weighted by Gasteiger charge is 2.60. The lowest BCUT2D eigenvalue weighted by Gasteiger charge is -2.60. The summed E-state index contributed by atoms with van der Waals surface area (Å²) in [5.41, 5.74) is 0.804. The van der Waals surface area contributed by atoms with Crippen molar-refractivity contribution in [2.45, 2.75) is 91.4 Å². The van der Waals surface area contributed by atoms with E-state index in [1.165, 1.54) is 38.5 Å². The Morgan fingerprint density at radius 3 is 2.56 bits per heavy atom. The average molecular weight is 375 g/mol. The van der Waals surface area contributed by atoms with Crippen molar-refractivity contribution in [2.24, 2.45) is 46.3 Å². The Balaban J connectivity index is 1.52. The lowest BCUT2D eigenvalue weighted by molar-refractivity contribution is -0.140. The van der Waals surface area contributed by atoms with Crippen molar-refractivity contribution in [3.8, 4) is 0 Å². The molecule has 0 unspecified atom stereocenters. The van der Waals surface area contributed by atoms with E-state index in [1.54, 1.807) is 0 Å². The maximum absolute atomic E-state index is 12.0. The summed E-state index contributed by atoms with van der Waals surface area (Å²) < 4.78 is 0. The van der Waals surface area contributed by atoms with Gasteiger partial charge in [-0.05, 0) is 97.7 Å². The van der Waals surface area contributed by atoms with E-state index in [-0.39, 0.29) is 0 Å². The molecule has 8 atom stereocenters. The Morgan fingerprint density at radius 2 is 1.81 bits per heavy atom. The molecule has 4 fully saturated rings. The van der Waals surface area contributed by atoms with Gasteiger partial charge in [-0.3, -0.25) is 9.59 Å². The zero-order chi connectivity index (χ0) is 19.4. The van der Waals surface area contributed by atoms with Crippen LogP contribution in [0.2, 0.25) is 0 Å². The van der Waals surface area contributed by atoms with Crippen LogP contribution in [0.3, 0.4) is 0 Å². The molecule has 0 spiro atoms. The van der Waals surface area contributed by atoms with Gasteiger partial charge in [0.25, 0.3) is 0 Å². The van der Waals surface area contributed by atoms with Crippen molar-refractivity contribution in [3.05, 3.63) is 0 Å². The summed E-state index contributed by atoms with van der Waals surface area (Å²) in [6, 6.07) is 0. The van der Waals surface area contributed by atoms with E-state index in [1.807, 2.05) is 0 Å². The summed E-state index contributed by atoms with van der Waals surface area (Å²) in [5, 5.41) is 9.09. The summed E-state index contributed by atoms with van der Waals surface area (Å²) in [6.45, 7) is 7.37. The number of hydrogen-bond donors (Lipinski definition) is 1. The molecule has 4 aliphatic carbocycles. The molecule has 0 aromatic rings. The molecule has 0 aromatic carbocycles. The first-order valence-electron chi connectivity index (χ1n) is 11.5. The number of hydrogen-bond acceptors (Lipinski definition) is 2. The fraction of sp³-hybridized carbons (Fsp3) is 0.917. The minimum absolute atomic E-state index is 0.318. The standard InChI is InChI=1S/C24H38O3/c1-15(4-9-22(26)27)19-7-8-20-18-6-5-16-14-17(25)10-12-23(16,2)21(18)11-13-24(19,20)3/h15-16,18-21H,4-14H2,1-3H3,(H,26,27)/t15-,16+,18+,19-,20+,21+,23+,24-/m1/s1. The topological polar surface area (TPSA) is 54.4 Å². The van der Waals surface area contributed by atoms with Crippen molar-refractivity contribution in [3.63, 3.8) is 0 Å². The molecule has 0 bridgehead atoms. The number of carboxylic acid groups (broad SMARTS) is 1. The summed E-state index contributed by atoms with van der Waals surface area (Å²) in [6.07, 6.45) is 11.8. The van der Waals surface area contributed by atoms with Crippen molar-refractivity contribution in [1.29, 1.82) is 0 Å². The Labute approximate surface area is 164 Å². The second kappa shape index (κ2) is 6.88. The number of carbonyl (C=O) groups excluding carboxylic acids is 1. The molecule has 3 nitrogen and oxygen atoms in total. The van der Waals surface area contributed by atoms with E-state index in [2.05, 4.69) is 20.8 Å². The Morgan fingerprint density at radius 1 is 1.07 bits per heavy atom. The minimum atomic E-state index is -0.650. The molecule has 4 rings (SSSR count). The number of aliphatic carboxylic acids is 1. The lowest BCUT2D eigenvalue weighted by Crippen LogP contribution is -2.53. The predicted octanol–water partition coefficient (Wildman–Crippen LogP) is 5.72. The van der Waals surface area contributed by atoms with Crippen LogP contribution in [-0.2, 0) is 9.59 Å². The van der Waals surface area contributed by atoms with Crippen LogP contribution in [0.25, 0.3) is 0 Å². The summed E-state index contributed by atoms with van der Waals surface area (Å²) >= 11 is 0. The van der Waals surface area contributed by atoms with Crippen LogP contribution in [0.15, 0.2) is 0 Å². The van der Waals surface area contributed by atoms with Gasteiger partial charge in [0.05, 0.1) is 0 Å². The van der Waals surface area contributed by atoms with E-state index in [0.29, 0.717) is 40.8 Å². The van der Waals surface area contributed by atoms with Crippen LogP contribution in [0.5, 0.6) is 0 Å². The predicted molar refractivity (Wildman–Crippen MR) is 106 cm³/mol. The molecule has 152 valence electrons. The molecular weight excluding hydrogens is 336 g/mol. The average Bonchev–Trinajstić information content (AvgIpc) is 2.97. The molecular formula is C24H38O3. The van der Waals surface area contributed by atoms with Crippen LogP contribution in [-0.4, -0.2) is 16.9 Å². The van der Waals surface area contributed by atoms with Gasteiger partial charge in [-0.1, -0.05) is 20.8 Å². The second-order valence-corrected chi connectivity index (χ2v) is 11.0. The summed E-state index contributed by atoms with van der Waals surface area (Å²) in [7, 11) is 0. The minimum Gasteiger partial charge on any atom is -0.481 e. The van der Waals surface area contributed by atoms with E-state index in [9.17, 15) is 9.59 Å². The zero-order valence-electron chi connectivity index (χ0n) is 17.5. The van der Waals surface area contributed by atoms with Gasteiger partial charge in [0.2, 0.25) is 0 Å². The van der Waals surface area contributed by atoms with Crippen molar-refractivity contribution < 1.29 is 14.7 Å². The quantitative estimate of drug-likeness (QED) is 0.685. The fourth-order valence-electron chi connectivity index (χ4n) is 8.57. The van der Waals surface area contributed by atoms with Crippen molar-refractivity contribution >= 4 is 11.8 Å². The SMILES string of the molecule is C[C@H](CCC(=O)O)[C@H]1CC[C@H]2[C@@H]3CC[C@H]4CC(=O)CC[C@]4(C)[C@H]3CC[C@]12C. The largest absolute Gasteiger partial charge is 0.481 e. The molecule has 0 radical (unpaired) electrons. The van der Waals surface area contributed by atoms with E-state index >= 15 is 0 Å². The third-order valence-corrected chi connectivity index (χ3v) is 10.1.